The molecule has 0 N–H and O–H groups in total. The van der Waals surface area contributed by atoms with Gasteiger partial charge in [-0.1, -0.05) is 0 Å². The number of nitrogens with zero attached hydrogens (tertiary/aromatic N) is 1. The van der Waals surface area contributed by atoms with Crippen LogP contribution in [0.4, 0.5) is 0 Å². The Kier molecular flexibility index (Phi) is 4.53. The van der Waals surface area contributed by atoms with Crippen LogP contribution in [0.25, 0.3) is 0 Å². The maximum absolute atomic E-state index is 9.79. The number of rotatable bonds is 6. The molecule has 0 amide bonds. The molecular weight excluding hydrogens is 170 g/mol. The molecule has 0 unspecified atom stereocenters. The van der Waals surface area contributed by atoms with E-state index >= 15 is 0 Å². The summed E-state index contributed by atoms with van der Waals surface area (Å²) in [5, 5.41) is 1.74. The zero-order valence-electron chi connectivity index (χ0n) is 7.39. The van der Waals surface area contributed by atoms with Gasteiger partial charge in [0.1, 0.15) is 6.26 Å². The zero-order valence-corrected chi connectivity index (χ0v) is 7.39. The van der Waals surface area contributed by atoms with Gasteiger partial charge in [0.15, 0.2) is 0 Å². The third kappa shape index (κ3) is 4.20. The van der Waals surface area contributed by atoms with Gasteiger partial charge in [0, 0.05) is 6.20 Å². The van der Waals surface area contributed by atoms with E-state index in [0.29, 0.717) is 13.1 Å². The minimum atomic E-state index is 0.472. The van der Waals surface area contributed by atoms with Crippen molar-refractivity contribution in [1.29, 1.82) is 0 Å². The topological polar surface area (TPSA) is 38.8 Å². The minimum absolute atomic E-state index is 0.472. The maximum atomic E-state index is 9.79. The fourth-order valence-corrected chi connectivity index (χ4v) is 0.968. The van der Waals surface area contributed by atoms with Gasteiger partial charge < -0.3 is 9.57 Å². The van der Waals surface area contributed by atoms with E-state index < -0.39 is 0 Å². The normalized spacial score (nSPS) is 14.0. The van der Waals surface area contributed by atoms with E-state index in [1.165, 1.54) is 0 Å². The van der Waals surface area contributed by atoms with Crippen LogP contribution in [0.1, 0.15) is 12.8 Å². The molecule has 1 rings (SSSR count). The first-order chi connectivity index (χ1) is 6.43. The Morgan fingerprint density at radius 1 is 1.38 bits per heavy atom. The third-order valence-corrected chi connectivity index (χ3v) is 1.60. The van der Waals surface area contributed by atoms with Gasteiger partial charge in [-0.25, -0.2) is 5.06 Å². The Balaban J connectivity index is 1.96. The molecule has 4 nitrogen and oxygen atoms in total. The molecule has 4 heteroatoms. The van der Waals surface area contributed by atoms with Crippen LogP contribution in [-0.2, 0) is 14.4 Å². The predicted octanol–water partition coefficient (Wildman–Crippen LogP) is 1.21. The maximum Gasteiger partial charge on any atom is 0.293 e. The summed E-state index contributed by atoms with van der Waals surface area (Å²) in [6.07, 6.45) is 9.02. The molecule has 0 aromatic heterocycles. The molecule has 0 radical (unpaired) electrons. The molecule has 13 heavy (non-hydrogen) atoms. The lowest BCUT2D eigenvalue weighted by Crippen LogP contribution is -2.18. The molecule has 0 aromatic carbocycles. The highest BCUT2D eigenvalue weighted by Gasteiger charge is 1.99. The van der Waals surface area contributed by atoms with Gasteiger partial charge in [0.25, 0.3) is 6.47 Å². The molecule has 0 aliphatic carbocycles. The fourth-order valence-electron chi connectivity index (χ4n) is 0.968. The smallest absolute Gasteiger partial charge is 0.293 e. The van der Waals surface area contributed by atoms with Crippen LogP contribution in [0.3, 0.4) is 0 Å². The number of hydrogen-bond donors (Lipinski definition) is 0. The van der Waals surface area contributed by atoms with Crippen molar-refractivity contribution in [2.75, 3.05) is 13.2 Å². The first-order valence-corrected chi connectivity index (χ1v) is 4.25. The van der Waals surface area contributed by atoms with E-state index in [2.05, 4.69) is 4.74 Å². The second-order valence-electron chi connectivity index (χ2n) is 2.59. The summed E-state index contributed by atoms with van der Waals surface area (Å²) in [6, 6.07) is 0. The number of unbranched alkanes of at least 4 members (excludes halogenated alkanes) is 1. The summed E-state index contributed by atoms with van der Waals surface area (Å²) in [5.74, 6) is 0. The summed E-state index contributed by atoms with van der Waals surface area (Å²) in [5.41, 5.74) is 0. The Bertz CT molecular complexity index is 201. The van der Waals surface area contributed by atoms with Crippen molar-refractivity contribution in [3.63, 3.8) is 0 Å². The number of ether oxygens (including phenoxy) is 1. The average Bonchev–Trinajstić information content (AvgIpc) is 2.19. The Hall–Kier alpha value is -1.45. The number of carbonyl (C=O) groups is 1. The Labute approximate surface area is 77.4 Å². The van der Waals surface area contributed by atoms with Gasteiger partial charge in [-0.05, 0) is 25.0 Å². The summed E-state index contributed by atoms with van der Waals surface area (Å²) >= 11 is 0. The average molecular weight is 183 g/mol. The van der Waals surface area contributed by atoms with E-state index in [1.807, 2.05) is 18.4 Å². The van der Waals surface area contributed by atoms with E-state index in [-0.39, 0.29) is 0 Å². The third-order valence-electron chi connectivity index (χ3n) is 1.60. The molecule has 1 aliphatic rings. The summed E-state index contributed by atoms with van der Waals surface area (Å²) in [6.45, 7) is 1.76. The molecule has 0 saturated heterocycles. The van der Waals surface area contributed by atoms with Crippen LogP contribution in [0.2, 0.25) is 0 Å². The van der Waals surface area contributed by atoms with Crippen LogP contribution in [0, 0.1) is 0 Å². The summed E-state index contributed by atoms with van der Waals surface area (Å²) in [4.78, 5) is 14.9. The highest BCUT2D eigenvalue weighted by Crippen LogP contribution is 2.02. The number of hydroxylamine groups is 2. The molecule has 0 saturated carbocycles. The molecule has 0 bridgehead atoms. The molecule has 0 aromatic rings. The van der Waals surface area contributed by atoms with E-state index in [4.69, 9.17) is 4.84 Å². The first kappa shape index (κ1) is 9.64. The number of carbonyl (C=O) groups excluding carboxylic acids is 1. The number of allylic oxidation sites excluding steroid dienone is 2. The van der Waals surface area contributed by atoms with Crippen molar-refractivity contribution in [2.24, 2.45) is 0 Å². The van der Waals surface area contributed by atoms with Crippen LogP contribution in [-0.4, -0.2) is 24.7 Å². The van der Waals surface area contributed by atoms with Crippen molar-refractivity contribution in [3.05, 3.63) is 24.6 Å². The molecule has 0 fully saturated rings. The van der Waals surface area contributed by atoms with Gasteiger partial charge in [0.2, 0.25) is 0 Å². The largest absolute Gasteiger partial charge is 0.468 e. The van der Waals surface area contributed by atoms with Crippen LogP contribution < -0.4 is 0 Å². The van der Waals surface area contributed by atoms with Crippen molar-refractivity contribution in [2.45, 2.75) is 12.8 Å². The van der Waals surface area contributed by atoms with Crippen molar-refractivity contribution >= 4 is 6.47 Å². The molecular formula is C9H13NO3. The first-order valence-electron chi connectivity index (χ1n) is 4.25. The quantitative estimate of drug-likeness (QED) is 0.458. The highest BCUT2D eigenvalue weighted by molar-refractivity contribution is 5.36. The van der Waals surface area contributed by atoms with E-state index in [9.17, 15) is 4.79 Å². The zero-order chi connectivity index (χ0) is 9.36. The highest BCUT2D eigenvalue weighted by atomic mass is 16.7. The van der Waals surface area contributed by atoms with Crippen molar-refractivity contribution in [3.8, 4) is 0 Å². The monoisotopic (exact) mass is 183 g/mol. The molecule has 0 atom stereocenters. The minimum Gasteiger partial charge on any atom is -0.468 e. The van der Waals surface area contributed by atoms with Crippen molar-refractivity contribution in [1.82, 2.24) is 5.06 Å². The molecule has 1 heterocycles. The number of hydrogen-bond acceptors (Lipinski definition) is 4. The molecule has 72 valence electrons. The van der Waals surface area contributed by atoms with Gasteiger partial charge in [-0.3, -0.25) is 4.79 Å². The van der Waals surface area contributed by atoms with Gasteiger partial charge >= 0.3 is 0 Å². The predicted molar refractivity (Wildman–Crippen MR) is 47.3 cm³/mol. The second kappa shape index (κ2) is 6.11. The molecule has 0 spiro atoms. The Morgan fingerprint density at radius 2 is 2.31 bits per heavy atom. The van der Waals surface area contributed by atoms with Gasteiger partial charge in [-0.2, -0.15) is 0 Å². The lowest BCUT2D eigenvalue weighted by atomic mass is 10.3. The summed E-state index contributed by atoms with van der Waals surface area (Å²) in [7, 11) is 0. The lowest BCUT2D eigenvalue weighted by Gasteiger charge is -2.19. The van der Waals surface area contributed by atoms with E-state index in [0.717, 1.165) is 19.4 Å². The summed E-state index contributed by atoms with van der Waals surface area (Å²) < 4.78 is 4.55. The van der Waals surface area contributed by atoms with Gasteiger partial charge in [-0.15, -0.1) is 0 Å². The van der Waals surface area contributed by atoms with Gasteiger partial charge in [0.05, 0.1) is 13.2 Å². The van der Waals surface area contributed by atoms with E-state index in [1.54, 1.807) is 11.3 Å². The Morgan fingerprint density at radius 3 is 3.00 bits per heavy atom. The van der Waals surface area contributed by atoms with Crippen LogP contribution >= 0.6 is 0 Å². The van der Waals surface area contributed by atoms with Crippen LogP contribution in [0.15, 0.2) is 24.6 Å². The van der Waals surface area contributed by atoms with Crippen molar-refractivity contribution < 1.29 is 14.4 Å². The lowest BCUT2D eigenvalue weighted by molar-refractivity contribution is -0.128. The molecule has 1 aliphatic heterocycles. The van der Waals surface area contributed by atoms with Crippen LogP contribution in [0.5, 0.6) is 0 Å². The SMILES string of the molecule is O=COCCCCN1C=CC=CO1. The standard InChI is InChI=1S/C9H13NO3/c11-9-12-7-3-1-5-10-6-2-4-8-13-10/h2,4,6,8-9H,1,3,5,7H2. The fraction of sp³-hybridized carbons (Fsp3) is 0.444. The second-order valence-corrected chi connectivity index (χ2v) is 2.59.